The molecule has 5 N–H and O–H groups in total. The van der Waals surface area contributed by atoms with E-state index < -0.39 is 23.8 Å². The minimum absolute atomic E-state index is 0.0462. The van der Waals surface area contributed by atoms with Crippen LogP contribution < -0.4 is 25.8 Å². The number of aliphatic hydroxyl groups excluding tert-OH is 1. The van der Waals surface area contributed by atoms with Crippen LogP contribution in [0.25, 0.3) is 28.0 Å². The van der Waals surface area contributed by atoms with E-state index in [-0.39, 0.29) is 55.1 Å². The number of anilines is 3. The van der Waals surface area contributed by atoms with Gasteiger partial charge >= 0.3 is 0 Å². The Morgan fingerprint density at radius 3 is 2.32 bits per heavy atom. The lowest BCUT2D eigenvalue weighted by molar-refractivity contribution is -0.142. The van der Waals surface area contributed by atoms with Gasteiger partial charge in [0, 0.05) is 63.3 Å². The van der Waals surface area contributed by atoms with Gasteiger partial charge in [-0.3, -0.25) is 19.3 Å². The molecule has 0 bridgehead atoms. The van der Waals surface area contributed by atoms with Gasteiger partial charge in [0.15, 0.2) is 11.5 Å². The fourth-order valence-electron chi connectivity index (χ4n) is 9.99. The fourth-order valence-corrected chi connectivity index (χ4v) is 9.99. The van der Waals surface area contributed by atoms with Gasteiger partial charge in [0.25, 0.3) is 11.4 Å². The third-order valence-electron chi connectivity index (χ3n) is 14.2. The van der Waals surface area contributed by atoms with Gasteiger partial charge in [-0.25, -0.2) is 24.0 Å². The molecule has 6 heterocycles. The normalized spacial score (nSPS) is 16.5. The number of piperazine rings is 1. The first-order valence-electron chi connectivity index (χ1n) is 26.5. The van der Waals surface area contributed by atoms with Crippen LogP contribution in [0, 0.1) is 5.92 Å². The number of phenolic OH excluding ortho intramolecular Hbond substituents is 1. The van der Waals surface area contributed by atoms with Crippen molar-refractivity contribution in [2.24, 2.45) is 5.92 Å². The summed E-state index contributed by atoms with van der Waals surface area (Å²) in [5, 5.41) is 46.0. The molecule has 77 heavy (non-hydrogen) atoms. The number of aromatic hydroxyl groups is 1. The first-order valence-corrected chi connectivity index (χ1v) is 26.5. The summed E-state index contributed by atoms with van der Waals surface area (Å²) in [7, 11) is 0. The number of benzene rings is 3. The van der Waals surface area contributed by atoms with Crippen LogP contribution in [0.2, 0.25) is 0 Å². The van der Waals surface area contributed by atoms with Gasteiger partial charge in [0.05, 0.1) is 31.1 Å². The van der Waals surface area contributed by atoms with E-state index in [1.54, 1.807) is 61.1 Å². The number of amides is 2. The molecule has 2 fully saturated rings. The maximum atomic E-state index is 14.1. The van der Waals surface area contributed by atoms with Crippen molar-refractivity contribution in [3.8, 4) is 28.6 Å². The number of likely N-dealkylation sites (tertiary alicyclic amines) is 1. The monoisotopic (exact) mass is 1050 g/mol. The number of hydrogen-bond donors (Lipinski definition) is 5. The molecule has 3 atom stereocenters. The van der Waals surface area contributed by atoms with Gasteiger partial charge in [0.1, 0.15) is 28.8 Å². The molecular weight excluding hydrogens is 979 g/mol. The molecule has 0 aliphatic carbocycles. The molecule has 2 aliphatic heterocycles. The van der Waals surface area contributed by atoms with Gasteiger partial charge in [-0.05, 0) is 104 Å². The Balaban J connectivity index is 0.688. The number of nitrogens with zero attached hydrogens (tertiary/aromatic N) is 11. The number of nitrogens with one attached hydrogen (secondary N) is 2. The third kappa shape index (κ3) is 12.8. The highest BCUT2D eigenvalue weighted by Crippen LogP contribution is 2.29. The van der Waals surface area contributed by atoms with Crippen molar-refractivity contribution in [1.29, 1.82) is 0 Å². The molecule has 404 valence electrons. The lowest BCUT2D eigenvalue weighted by Gasteiger charge is -2.36. The second-order valence-electron chi connectivity index (χ2n) is 20.7. The zero-order chi connectivity index (χ0) is 54.2. The molecule has 0 radical (unpaired) electrons. The fraction of sp³-hybridized carbons (Fsp3) is 0.404. The van der Waals surface area contributed by atoms with Crippen molar-refractivity contribution in [3.63, 3.8) is 0 Å². The maximum Gasteiger partial charge on any atom is 0.278 e. The summed E-state index contributed by atoms with van der Waals surface area (Å²) in [5.74, 6) is 0.476. The summed E-state index contributed by atoms with van der Waals surface area (Å²) in [6.45, 7) is 16.8. The zero-order valence-electron chi connectivity index (χ0n) is 44.2. The number of hydrogen-bond acceptors (Lipinski definition) is 15. The zero-order valence-corrected chi connectivity index (χ0v) is 44.2. The number of ether oxygens (including phenoxy) is 1. The first kappa shape index (κ1) is 53.9. The van der Waals surface area contributed by atoms with Gasteiger partial charge in [-0.1, -0.05) is 85.5 Å². The van der Waals surface area contributed by atoms with Gasteiger partial charge in [-0.2, -0.15) is 4.98 Å². The molecule has 0 spiro atoms. The van der Waals surface area contributed by atoms with Crippen LogP contribution in [0.1, 0.15) is 77.1 Å². The predicted octanol–water partition coefficient (Wildman–Crippen LogP) is 6.34. The number of β-amino-alcohol motifs (C(OH)–C–C–N with tert-alkyl or cyclic N) is 1. The molecule has 0 saturated carbocycles. The highest BCUT2D eigenvalue weighted by atomic mass is 16.5. The van der Waals surface area contributed by atoms with Crippen molar-refractivity contribution in [1.82, 2.24) is 54.4 Å². The van der Waals surface area contributed by atoms with Gasteiger partial charge < -0.3 is 40.5 Å². The van der Waals surface area contributed by atoms with Crippen molar-refractivity contribution in [3.05, 3.63) is 138 Å². The molecule has 20 heteroatoms. The number of unbranched alkanes of at least 4 members (excludes halogenated alkanes) is 3. The Morgan fingerprint density at radius 2 is 1.62 bits per heavy atom. The number of fused-ring (bicyclic) bond motifs is 1. The summed E-state index contributed by atoms with van der Waals surface area (Å²) >= 11 is 0. The second-order valence-corrected chi connectivity index (χ2v) is 20.7. The van der Waals surface area contributed by atoms with E-state index >= 15 is 0 Å². The molecule has 4 aromatic heterocycles. The molecule has 3 aromatic carbocycles. The Hall–Kier alpha value is -7.94. The third-order valence-corrected chi connectivity index (χ3v) is 14.2. The van der Waals surface area contributed by atoms with Crippen LogP contribution in [-0.2, 0) is 28.3 Å². The number of carbonyl (C=O) groups excluding carboxylic acids is 2. The highest BCUT2D eigenvalue weighted by molar-refractivity contribution is 5.90. The minimum atomic E-state index is -1.18. The Labute approximate surface area is 447 Å². The number of rotatable bonds is 22. The number of carbonyl (C=O) groups is 2. The van der Waals surface area contributed by atoms with Crippen LogP contribution >= 0.6 is 0 Å². The largest absolute Gasteiger partial charge is 0.508 e. The topological polar surface area (TPSA) is 234 Å². The van der Waals surface area contributed by atoms with E-state index in [0.29, 0.717) is 41.0 Å². The van der Waals surface area contributed by atoms with Crippen LogP contribution in [-0.4, -0.2) is 134 Å². The van der Waals surface area contributed by atoms with Crippen LogP contribution in [0.5, 0.6) is 11.6 Å². The molecular formula is C57H69N13O7. The summed E-state index contributed by atoms with van der Waals surface area (Å²) < 4.78 is 10.6. The number of phenols is 1. The van der Waals surface area contributed by atoms with E-state index in [2.05, 4.69) is 59.4 Å². The van der Waals surface area contributed by atoms with Crippen molar-refractivity contribution in [2.75, 3.05) is 56.1 Å². The standard InChI is InChI=1S/C57H69N13O7/c1-6-26-69-54(74)46-35-59-56(62-52(46)70(69)49-13-11-12-48(61-49)57(4,5)76)60-42-20-22-43(23-21-42)66-30-28-65(29-31-66)27-9-7-8-10-32-77-50-37-68(64-63-50)51(38(2)3)55(75)67-36-45(72)33-47(67)53(73)58-34-39-14-16-40(17-15-39)41-18-24-44(71)25-19-41/h6,11-25,35,37-38,45,47,51,71-72,76H,1,7-10,26-34,36H2,2-5H3,(H,58,73)(H,59,60,62)/t45-,47+,51+/m1/s1. The van der Waals surface area contributed by atoms with Crippen molar-refractivity contribution in [2.45, 2.75) is 96.7 Å². The summed E-state index contributed by atoms with van der Waals surface area (Å²) in [4.78, 5) is 61.3. The molecule has 9 rings (SSSR count). The van der Waals surface area contributed by atoms with E-state index in [1.807, 2.05) is 62.4 Å². The number of aromatic nitrogens is 8. The number of allylic oxidation sites excluding steroid dienone is 1. The van der Waals surface area contributed by atoms with Crippen molar-refractivity contribution >= 4 is 40.2 Å². The molecule has 2 saturated heterocycles. The lowest BCUT2D eigenvalue weighted by Crippen LogP contribution is -2.49. The smallest absolute Gasteiger partial charge is 0.278 e. The van der Waals surface area contributed by atoms with Gasteiger partial charge in [-0.15, -0.1) is 6.58 Å². The Bertz CT molecular complexity index is 3190. The van der Waals surface area contributed by atoms with Crippen LogP contribution in [0.4, 0.5) is 17.3 Å². The minimum Gasteiger partial charge on any atom is -0.508 e. The van der Waals surface area contributed by atoms with E-state index in [0.717, 1.165) is 86.5 Å². The quantitative estimate of drug-likeness (QED) is 0.0368. The SMILES string of the molecule is C=CCn1c(=O)c2cnc(Nc3ccc(N4CCN(CCCCCCOc5cn([C@H](C(=O)N6C[C@H](O)C[C@H]6C(=O)NCc6ccc(-c7ccc(O)cc7)cc6)C(C)C)nn5)CC4)cc3)nc2n1-c1cccc(C(C)(C)O)n1. The summed E-state index contributed by atoms with van der Waals surface area (Å²) in [6, 6.07) is 26.6. The number of pyridine rings is 1. The Kier molecular flexibility index (Phi) is 16.8. The van der Waals surface area contributed by atoms with E-state index in [9.17, 15) is 29.7 Å². The average molecular weight is 1050 g/mol. The first-order chi connectivity index (χ1) is 37.1. The van der Waals surface area contributed by atoms with E-state index in [1.165, 1.54) is 20.5 Å². The van der Waals surface area contributed by atoms with Crippen LogP contribution in [0.15, 0.2) is 121 Å². The number of aliphatic hydroxyl groups is 2. The summed E-state index contributed by atoms with van der Waals surface area (Å²) in [5.41, 5.74) is 4.16. The molecule has 20 nitrogen and oxygen atoms in total. The second kappa shape index (κ2) is 23.9. The molecule has 7 aromatic rings. The van der Waals surface area contributed by atoms with Crippen LogP contribution in [0.3, 0.4) is 0 Å². The highest BCUT2D eigenvalue weighted by Gasteiger charge is 2.43. The molecule has 0 unspecified atom stereocenters. The van der Waals surface area contributed by atoms with Crippen molar-refractivity contribution < 1.29 is 29.6 Å². The summed E-state index contributed by atoms with van der Waals surface area (Å²) in [6.07, 6.45) is 8.11. The maximum absolute atomic E-state index is 14.1. The Morgan fingerprint density at radius 1 is 0.909 bits per heavy atom. The molecule has 2 amide bonds. The predicted molar refractivity (Wildman–Crippen MR) is 294 cm³/mol. The van der Waals surface area contributed by atoms with E-state index in [4.69, 9.17) is 9.72 Å². The van der Waals surface area contributed by atoms with Gasteiger partial charge in [0.2, 0.25) is 17.8 Å². The lowest BCUT2D eigenvalue weighted by atomic mass is 10.0. The average Bonchev–Trinajstić information content (AvgIpc) is 4.14. The molecule has 2 aliphatic rings.